The minimum absolute atomic E-state index is 0.344. The van der Waals surface area contributed by atoms with Crippen molar-refractivity contribution in [3.63, 3.8) is 0 Å². The summed E-state index contributed by atoms with van der Waals surface area (Å²) in [6.07, 6.45) is 4.70. The molecule has 0 heteroatoms. The van der Waals surface area contributed by atoms with Gasteiger partial charge in [0, 0.05) is 5.92 Å². The molecule has 35 heavy (non-hydrogen) atoms. The summed E-state index contributed by atoms with van der Waals surface area (Å²) in [6, 6.07) is 42.4. The Morgan fingerprint density at radius 1 is 0.543 bits per heavy atom. The van der Waals surface area contributed by atoms with Gasteiger partial charge in [0.2, 0.25) is 0 Å². The summed E-state index contributed by atoms with van der Waals surface area (Å²) in [5, 5.41) is 2.61. The van der Waals surface area contributed by atoms with Crippen molar-refractivity contribution >= 4 is 10.8 Å². The first-order valence-corrected chi connectivity index (χ1v) is 12.9. The van der Waals surface area contributed by atoms with Gasteiger partial charge >= 0.3 is 0 Å². The van der Waals surface area contributed by atoms with E-state index in [4.69, 9.17) is 0 Å². The molecule has 0 fully saturated rings. The molecule has 5 aromatic rings. The van der Waals surface area contributed by atoms with Gasteiger partial charge in [-0.15, -0.1) is 0 Å². The van der Waals surface area contributed by atoms with Crippen LogP contribution < -0.4 is 0 Å². The molecule has 0 radical (unpaired) electrons. The Hall–Kier alpha value is -3.64. The highest BCUT2D eigenvalue weighted by molar-refractivity contribution is 5.83. The van der Waals surface area contributed by atoms with E-state index in [-0.39, 0.29) is 0 Å². The van der Waals surface area contributed by atoms with Gasteiger partial charge < -0.3 is 0 Å². The van der Waals surface area contributed by atoms with Crippen molar-refractivity contribution in [2.75, 3.05) is 0 Å². The lowest BCUT2D eigenvalue weighted by Gasteiger charge is -2.18. The summed E-state index contributed by atoms with van der Waals surface area (Å²) in [5.41, 5.74) is 9.74. The van der Waals surface area contributed by atoms with E-state index in [1.807, 2.05) is 0 Å². The van der Waals surface area contributed by atoms with Gasteiger partial charge in [0.15, 0.2) is 0 Å². The molecule has 5 rings (SSSR count). The Kier molecular flexibility index (Phi) is 7.09. The lowest BCUT2D eigenvalue weighted by atomic mass is 9.87. The van der Waals surface area contributed by atoms with Crippen LogP contribution in [0.3, 0.4) is 0 Å². The van der Waals surface area contributed by atoms with Crippen LogP contribution in [0.2, 0.25) is 0 Å². The fraction of sp³-hybridized carbons (Fsp3) is 0.200. The maximum absolute atomic E-state index is 2.43. The third kappa shape index (κ3) is 5.38. The Bertz CT molecular complexity index is 1410. The second-order valence-electron chi connectivity index (χ2n) is 9.75. The quantitative estimate of drug-likeness (QED) is 0.205. The molecule has 1 atom stereocenters. The Labute approximate surface area is 210 Å². The number of hydrogen-bond donors (Lipinski definition) is 0. The average molecular weight is 455 g/mol. The Morgan fingerprint density at radius 2 is 1.20 bits per heavy atom. The molecule has 0 amide bonds. The molecule has 0 saturated heterocycles. The van der Waals surface area contributed by atoms with Crippen LogP contribution in [0.15, 0.2) is 115 Å². The van der Waals surface area contributed by atoms with Crippen LogP contribution in [-0.2, 0) is 12.8 Å². The lowest BCUT2D eigenvalue weighted by Crippen LogP contribution is -1.99. The molecule has 0 heterocycles. The van der Waals surface area contributed by atoms with Crippen molar-refractivity contribution in [3.8, 4) is 11.1 Å². The fourth-order valence-corrected chi connectivity index (χ4v) is 5.16. The van der Waals surface area contributed by atoms with E-state index < -0.39 is 0 Å². The molecule has 0 aromatic heterocycles. The first-order valence-electron chi connectivity index (χ1n) is 12.9. The number of unbranched alkanes of at least 4 members (excludes halogenated alkanes) is 1. The van der Waals surface area contributed by atoms with E-state index in [1.54, 1.807) is 0 Å². The third-order valence-corrected chi connectivity index (χ3v) is 7.35. The summed E-state index contributed by atoms with van der Waals surface area (Å²) in [7, 11) is 0. The van der Waals surface area contributed by atoms with Crippen molar-refractivity contribution < 1.29 is 0 Å². The molecular weight excluding hydrogens is 420 g/mol. The number of fused-ring (bicyclic) bond motifs is 1. The molecular formula is C35H34. The molecule has 0 nitrogen and oxygen atoms in total. The van der Waals surface area contributed by atoms with E-state index in [0.29, 0.717) is 5.92 Å². The summed E-state index contributed by atoms with van der Waals surface area (Å²) >= 11 is 0. The van der Waals surface area contributed by atoms with E-state index >= 15 is 0 Å². The normalized spacial score (nSPS) is 12.1. The van der Waals surface area contributed by atoms with Crippen LogP contribution in [-0.4, -0.2) is 0 Å². The van der Waals surface area contributed by atoms with Crippen LogP contribution >= 0.6 is 0 Å². The highest BCUT2D eigenvalue weighted by Crippen LogP contribution is 2.34. The fourth-order valence-electron chi connectivity index (χ4n) is 5.16. The first-order chi connectivity index (χ1) is 17.2. The summed E-state index contributed by atoms with van der Waals surface area (Å²) in [4.78, 5) is 0. The molecule has 0 saturated carbocycles. The summed E-state index contributed by atoms with van der Waals surface area (Å²) in [5.74, 6) is 0.344. The van der Waals surface area contributed by atoms with Gasteiger partial charge in [0.05, 0.1) is 0 Å². The predicted molar refractivity (Wildman–Crippen MR) is 151 cm³/mol. The summed E-state index contributed by atoms with van der Waals surface area (Å²) in [6.45, 7) is 4.57. The van der Waals surface area contributed by atoms with Crippen LogP contribution in [0.1, 0.15) is 53.5 Å². The zero-order chi connectivity index (χ0) is 24.0. The number of aryl methyl sites for hydroxylation is 3. The first kappa shape index (κ1) is 23.1. The van der Waals surface area contributed by atoms with Crippen molar-refractivity contribution in [1.29, 1.82) is 0 Å². The van der Waals surface area contributed by atoms with Gasteiger partial charge in [-0.1, -0.05) is 122 Å². The highest BCUT2D eigenvalue weighted by atomic mass is 14.2. The molecule has 0 aliphatic rings. The molecule has 0 spiro atoms. The predicted octanol–water partition coefficient (Wildman–Crippen LogP) is 9.53. The minimum Gasteiger partial charge on any atom is -0.0622 e. The van der Waals surface area contributed by atoms with Gasteiger partial charge in [-0.3, -0.25) is 0 Å². The van der Waals surface area contributed by atoms with E-state index in [9.17, 15) is 0 Å². The molecule has 0 N–H and O–H groups in total. The van der Waals surface area contributed by atoms with Crippen molar-refractivity contribution in [3.05, 3.63) is 143 Å². The second kappa shape index (κ2) is 10.7. The maximum Gasteiger partial charge on any atom is 0.00614 e. The van der Waals surface area contributed by atoms with Gasteiger partial charge in [0.25, 0.3) is 0 Å². The van der Waals surface area contributed by atoms with Crippen molar-refractivity contribution in [2.45, 2.75) is 45.4 Å². The van der Waals surface area contributed by atoms with E-state index in [2.05, 4.69) is 129 Å². The number of hydrogen-bond acceptors (Lipinski definition) is 0. The largest absolute Gasteiger partial charge is 0.0622 e. The monoisotopic (exact) mass is 454 g/mol. The highest BCUT2D eigenvalue weighted by Gasteiger charge is 2.13. The van der Waals surface area contributed by atoms with Gasteiger partial charge in [-0.25, -0.2) is 0 Å². The molecule has 0 aliphatic carbocycles. The van der Waals surface area contributed by atoms with Gasteiger partial charge in [-0.05, 0) is 82.3 Å². The SMILES string of the molecule is Cc1ccc(C(C)c2ccc3ccccc3c2)cc1-c1ccccc1CCCCc1ccccc1. The van der Waals surface area contributed by atoms with Crippen LogP contribution in [0.4, 0.5) is 0 Å². The molecule has 5 aromatic carbocycles. The standard InChI is InChI=1S/C35H34/c1-26-20-21-32(27(2)31-23-22-29-15-8-9-18-33(29)24-31)25-35(26)34-19-11-10-17-30(34)16-7-6-14-28-12-4-3-5-13-28/h3-5,8-13,15,17-25,27H,6-7,14,16H2,1-2H3. The smallest absolute Gasteiger partial charge is 0.00614 e. The Balaban J connectivity index is 1.37. The number of benzene rings is 5. The van der Waals surface area contributed by atoms with Crippen LogP contribution in [0.5, 0.6) is 0 Å². The zero-order valence-electron chi connectivity index (χ0n) is 20.9. The molecule has 0 bridgehead atoms. The molecule has 1 unspecified atom stereocenters. The topological polar surface area (TPSA) is 0 Å². The van der Waals surface area contributed by atoms with E-state index in [1.165, 1.54) is 62.6 Å². The average Bonchev–Trinajstić information content (AvgIpc) is 2.91. The van der Waals surface area contributed by atoms with Gasteiger partial charge in [-0.2, -0.15) is 0 Å². The second-order valence-corrected chi connectivity index (χ2v) is 9.75. The minimum atomic E-state index is 0.344. The Morgan fingerprint density at radius 3 is 2.06 bits per heavy atom. The maximum atomic E-state index is 2.43. The van der Waals surface area contributed by atoms with E-state index in [0.717, 1.165) is 12.8 Å². The lowest BCUT2D eigenvalue weighted by molar-refractivity contribution is 0.735. The molecule has 174 valence electrons. The summed E-state index contributed by atoms with van der Waals surface area (Å²) < 4.78 is 0. The van der Waals surface area contributed by atoms with Gasteiger partial charge in [0.1, 0.15) is 0 Å². The number of rotatable bonds is 8. The zero-order valence-corrected chi connectivity index (χ0v) is 20.9. The van der Waals surface area contributed by atoms with Crippen LogP contribution in [0.25, 0.3) is 21.9 Å². The van der Waals surface area contributed by atoms with Crippen molar-refractivity contribution in [1.82, 2.24) is 0 Å². The third-order valence-electron chi connectivity index (χ3n) is 7.35. The van der Waals surface area contributed by atoms with Crippen LogP contribution in [0, 0.1) is 6.92 Å². The van der Waals surface area contributed by atoms with Crippen molar-refractivity contribution in [2.24, 2.45) is 0 Å². The molecule has 0 aliphatic heterocycles.